The Kier molecular flexibility index (Phi) is 4.72. The normalized spacial score (nSPS) is 10.9. The lowest BCUT2D eigenvalue weighted by atomic mass is 10.2. The number of H-pyrrole nitrogens is 1. The van der Waals surface area contributed by atoms with E-state index in [0.717, 1.165) is 21.9 Å². The predicted molar refractivity (Wildman–Crippen MR) is 94.7 cm³/mol. The first kappa shape index (κ1) is 15.9. The molecule has 7 heteroatoms. The summed E-state index contributed by atoms with van der Waals surface area (Å²) in [7, 11) is 1.60. The van der Waals surface area contributed by atoms with Crippen molar-refractivity contribution < 1.29 is 9.53 Å². The molecule has 2 aromatic heterocycles. The van der Waals surface area contributed by atoms with Gasteiger partial charge in [-0.3, -0.25) is 9.89 Å². The minimum Gasteiger partial charge on any atom is -0.497 e. The number of ether oxygens (including phenoxy) is 1. The maximum absolute atomic E-state index is 12.1. The summed E-state index contributed by atoms with van der Waals surface area (Å²) in [6.45, 7) is 2.03. The number of benzene rings is 1. The van der Waals surface area contributed by atoms with Gasteiger partial charge in [0.15, 0.2) is 5.69 Å². The van der Waals surface area contributed by atoms with Gasteiger partial charge in [-0.2, -0.15) is 10.2 Å². The largest absolute Gasteiger partial charge is 0.497 e. The summed E-state index contributed by atoms with van der Waals surface area (Å²) in [5.74, 6) is 0.360. The predicted octanol–water partition coefficient (Wildman–Crippen LogP) is 3.22. The number of rotatable bonds is 5. The first-order valence-electron chi connectivity index (χ1n) is 7.25. The molecule has 3 rings (SSSR count). The number of amides is 1. The number of nitrogens with one attached hydrogen (secondary N) is 2. The maximum Gasteiger partial charge on any atom is 0.291 e. The molecule has 6 nitrogen and oxygen atoms in total. The molecule has 122 valence electrons. The molecule has 2 heterocycles. The van der Waals surface area contributed by atoms with Crippen molar-refractivity contribution in [2.24, 2.45) is 5.10 Å². The van der Waals surface area contributed by atoms with Crippen LogP contribution in [0.2, 0.25) is 0 Å². The van der Waals surface area contributed by atoms with Gasteiger partial charge >= 0.3 is 0 Å². The highest BCUT2D eigenvalue weighted by molar-refractivity contribution is 7.15. The molecule has 0 bridgehead atoms. The molecule has 0 spiro atoms. The molecule has 0 radical (unpaired) electrons. The molecule has 0 aliphatic heterocycles. The van der Waals surface area contributed by atoms with Gasteiger partial charge in [0, 0.05) is 4.88 Å². The molecule has 0 aliphatic carbocycles. The van der Waals surface area contributed by atoms with Gasteiger partial charge in [0.05, 0.1) is 23.9 Å². The SMILES string of the molecule is COc1cccc(C=NNC(=O)c2cc(-c3ccc(C)s3)[nH]n2)c1. The van der Waals surface area contributed by atoms with Crippen molar-refractivity contribution in [2.45, 2.75) is 6.92 Å². The zero-order chi connectivity index (χ0) is 16.9. The van der Waals surface area contributed by atoms with Crippen LogP contribution in [0.25, 0.3) is 10.6 Å². The number of carbonyl (C=O) groups excluding carboxylic acids is 1. The first-order chi connectivity index (χ1) is 11.7. The van der Waals surface area contributed by atoms with E-state index in [0.29, 0.717) is 5.69 Å². The summed E-state index contributed by atoms with van der Waals surface area (Å²) in [6, 6.07) is 13.1. The van der Waals surface area contributed by atoms with Crippen LogP contribution in [0.5, 0.6) is 5.75 Å². The molecular weight excluding hydrogens is 324 g/mol. The van der Waals surface area contributed by atoms with E-state index in [4.69, 9.17) is 4.74 Å². The van der Waals surface area contributed by atoms with Crippen molar-refractivity contribution >= 4 is 23.5 Å². The van der Waals surface area contributed by atoms with E-state index in [9.17, 15) is 4.79 Å². The van der Waals surface area contributed by atoms with Crippen molar-refractivity contribution in [3.63, 3.8) is 0 Å². The molecule has 0 unspecified atom stereocenters. The van der Waals surface area contributed by atoms with Crippen molar-refractivity contribution in [3.05, 3.63) is 58.6 Å². The molecule has 0 aliphatic rings. The molecule has 0 saturated heterocycles. The van der Waals surface area contributed by atoms with Gasteiger partial charge in [-0.25, -0.2) is 5.43 Å². The number of hydrogen-bond donors (Lipinski definition) is 2. The fourth-order valence-corrected chi connectivity index (χ4v) is 2.92. The first-order valence-corrected chi connectivity index (χ1v) is 8.07. The number of aromatic amines is 1. The van der Waals surface area contributed by atoms with E-state index in [1.165, 1.54) is 4.88 Å². The quantitative estimate of drug-likeness (QED) is 0.553. The molecule has 0 fully saturated rings. The van der Waals surface area contributed by atoms with Gasteiger partial charge in [-0.15, -0.1) is 11.3 Å². The maximum atomic E-state index is 12.1. The zero-order valence-corrected chi connectivity index (χ0v) is 14.1. The molecule has 24 heavy (non-hydrogen) atoms. The van der Waals surface area contributed by atoms with Gasteiger partial charge in [0.1, 0.15) is 5.75 Å². The number of aromatic nitrogens is 2. The lowest BCUT2D eigenvalue weighted by Crippen LogP contribution is -2.17. The summed E-state index contributed by atoms with van der Waals surface area (Å²) in [6.07, 6.45) is 1.55. The van der Waals surface area contributed by atoms with Gasteiger partial charge < -0.3 is 4.74 Å². The van der Waals surface area contributed by atoms with Crippen molar-refractivity contribution in [1.82, 2.24) is 15.6 Å². The van der Waals surface area contributed by atoms with Crippen LogP contribution in [0.4, 0.5) is 0 Å². The van der Waals surface area contributed by atoms with Crippen LogP contribution in [-0.2, 0) is 0 Å². The summed E-state index contributed by atoms with van der Waals surface area (Å²) in [5.41, 5.74) is 4.40. The Bertz CT molecular complexity index is 882. The Morgan fingerprint density at radius 1 is 1.33 bits per heavy atom. The number of nitrogens with zero attached hydrogens (tertiary/aromatic N) is 2. The standard InChI is InChI=1S/C17H16N4O2S/c1-11-6-7-16(24-11)14-9-15(20-19-14)17(22)21-18-10-12-4-3-5-13(8-12)23-2/h3-10H,1-2H3,(H,19,20)(H,21,22). The average molecular weight is 340 g/mol. The number of hydrazone groups is 1. The number of aryl methyl sites for hydroxylation is 1. The van der Waals surface area contributed by atoms with E-state index >= 15 is 0 Å². The topological polar surface area (TPSA) is 79.4 Å². The molecule has 3 aromatic rings. The fraction of sp³-hybridized carbons (Fsp3) is 0.118. The van der Waals surface area contributed by atoms with E-state index < -0.39 is 0 Å². The van der Waals surface area contributed by atoms with Crippen LogP contribution in [0, 0.1) is 6.92 Å². The van der Waals surface area contributed by atoms with E-state index in [1.54, 1.807) is 30.7 Å². The molecule has 1 amide bonds. The van der Waals surface area contributed by atoms with Gasteiger partial charge in [0.2, 0.25) is 0 Å². The summed E-state index contributed by atoms with van der Waals surface area (Å²) >= 11 is 1.64. The van der Waals surface area contributed by atoms with E-state index in [-0.39, 0.29) is 5.91 Å². The summed E-state index contributed by atoms with van der Waals surface area (Å²) in [5, 5.41) is 10.8. The van der Waals surface area contributed by atoms with Gasteiger partial charge in [-0.05, 0) is 42.8 Å². The van der Waals surface area contributed by atoms with E-state index in [1.807, 2.05) is 43.3 Å². The van der Waals surface area contributed by atoms with Crippen molar-refractivity contribution in [2.75, 3.05) is 7.11 Å². The van der Waals surface area contributed by atoms with Crippen LogP contribution in [0.3, 0.4) is 0 Å². The van der Waals surface area contributed by atoms with Crippen molar-refractivity contribution in [1.29, 1.82) is 0 Å². The average Bonchev–Trinajstić information content (AvgIpc) is 3.24. The third-order valence-electron chi connectivity index (χ3n) is 3.29. The van der Waals surface area contributed by atoms with E-state index in [2.05, 4.69) is 20.7 Å². The Labute approximate surface area is 143 Å². The highest BCUT2D eigenvalue weighted by Gasteiger charge is 2.11. The van der Waals surface area contributed by atoms with Gasteiger partial charge in [0.25, 0.3) is 5.91 Å². The number of hydrogen-bond acceptors (Lipinski definition) is 5. The van der Waals surface area contributed by atoms with Crippen LogP contribution >= 0.6 is 11.3 Å². The highest BCUT2D eigenvalue weighted by atomic mass is 32.1. The second-order valence-electron chi connectivity index (χ2n) is 5.05. The summed E-state index contributed by atoms with van der Waals surface area (Å²) < 4.78 is 5.14. The monoisotopic (exact) mass is 340 g/mol. The zero-order valence-electron chi connectivity index (χ0n) is 13.2. The lowest BCUT2D eigenvalue weighted by Gasteiger charge is -1.99. The third kappa shape index (κ3) is 3.69. The van der Waals surface area contributed by atoms with Crippen LogP contribution in [-0.4, -0.2) is 29.4 Å². The van der Waals surface area contributed by atoms with Crippen LogP contribution in [0.15, 0.2) is 47.6 Å². The second-order valence-corrected chi connectivity index (χ2v) is 6.34. The molecule has 1 aromatic carbocycles. The Morgan fingerprint density at radius 2 is 2.21 bits per heavy atom. The Hall–Kier alpha value is -2.93. The van der Waals surface area contributed by atoms with Crippen molar-refractivity contribution in [3.8, 4) is 16.3 Å². The number of carbonyl (C=O) groups is 1. The third-order valence-corrected chi connectivity index (χ3v) is 4.32. The van der Waals surface area contributed by atoms with Crippen LogP contribution in [0.1, 0.15) is 20.9 Å². The second kappa shape index (κ2) is 7.10. The fourth-order valence-electron chi connectivity index (χ4n) is 2.09. The lowest BCUT2D eigenvalue weighted by molar-refractivity contribution is 0.0950. The minimum atomic E-state index is -0.370. The Morgan fingerprint density at radius 3 is 2.96 bits per heavy atom. The Balaban J connectivity index is 1.65. The minimum absolute atomic E-state index is 0.291. The molecule has 2 N–H and O–H groups in total. The molecule has 0 atom stereocenters. The van der Waals surface area contributed by atoms with Crippen LogP contribution < -0.4 is 10.2 Å². The number of thiophene rings is 1. The molecular formula is C17H16N4O2S. The summed E-state index contributed by atoms with van der Waals surface area (Å²) in [4.78, 5) is 14.3. The smallest absolute Gasteiger partial charge is 0.291 e. The highest BCUT2D eigenvalue weighted by Crippen LogP contribution is 2.26. The van der Waals surface area contributed by atoms with Gasteiger partial charge in [-0.1, -0.05) is 12.1 Å². The number of methoxy groups -OCH3 is 1. The molecule has 0 saturated carbocycles.